The van der Waals surface area contributed by atoms with Gasteiger partial charge in [-0.2, -0.15) is 0 Å². The van der Waals surface area contributed by atoms with Crippen molar-refractivity contribution in [1.29, 1.82) is 0 Å². The van der Waals surface area contributed by atoms with Gasteiger partial charge in [-0.1, -0.05) is 0 Å². The van der Waals surface area contributed by atoms with Crippen LogP contribution in [0.1, 0.15) is 0 Å². The molecule has 13 heteroatoms. The molecular weight excluding hydrogens is 517 g/mol. The number of hydrogen-bond acceptors (Lipinski definition) is 5. The molecule has 0 saturated heterocycles. The normalized spacial score (nSPS) is 9.81. The van der Waals surface area contributed by atoms with E-state index in [-0.39, 0.29) is 11.0 Å². The minimum absolute atomic E-state index is 0.271. The second kappa shape index (κ2) is 10.9. The van der Waals surface area contributed by atoms with Crippen LogP contribution in [0.5, 0.6) is 0 Å². The highest BCUT2D eigenvalue weighted by molar-refractivity contribution is 9.10. The molecule has 0 saturated carbocycles. The Morgan fingerprint density at radius 3 is 1.71 bits per heavy atom. The van der Waals surface area contributed by atoms with Gasteiger partial charge in [0.05, 0.1) is 8.95 Å². The predicted octanol–water partition coefficient (Wildman–Crippen LogP) is 5.24. The number of aromatic nitrogens is 4. The first kappa shape index (κ1) is 21.3. The SMILES string of the molecule is Clc1ncc(Br)cn1.O=P(Cl)(Cl)Cl.O=c1ncc(Br)c[nH]1. The molecule has 0 spiro atoms. The van der Waals surface area contributed by atoms with Crippen molar-refractivity contribution in [2.24, 2.45) is 0 Å². The van der Waals surface area contributed by atoms with Gasteiger partial charge in [0.25, 0.3) is 0 Å². The zero-order valence-electron chi connectivity index (χ0n) is 9.68. The smallest absolute Gasteiger partial charge is 0.312 e. The fourth-order valence-electron chi connectivity index (χ4n) is 0.622. The fraction of sp³-hybridized carbons (Fsp3) is 0. The number of aromatic amines is 1. The molecule has 2 rings (SSSR count). The maximum absolute atomic E-state index is 10.2. The van der Waals surface area contributed by atoms with Gasteiger partial charge in [-0.15, -0.1) is 0 Å². The van der Waals surface area contributed by atoms with Crippen molar-refractivity contribution in [2.75, 3.05) is 0 Å². The highest BCUT2D eigenvalue weighted by Crippen LogP contribution is 2.61. The van der Waals surface area contributed by atoms with Crippen LogP contribution < -0.4 is 5.69 Å². The molecule has 0 amide bonds. The third kappa shape index (κ3) is 16.5. The Hall–Kier alpha value is 0.310. The summed E-state index contributed by atoms with van der Waals surface area (Å²) in [6.45, 7) is 0. The molecule has 0 aliphatic heterocycles. The van der Waals surface area contributed by atoms with Gasteiger partial charge in [0.1, 0.15) is 0 Å². The van der Waals surface area contributed by atoms with Gasteiger partial charge < -0.3 is 4.98 Å². The van der Waals surface area contributed by atoms with E-state index in [1.807, 2.05) is 0 Å². The molecule has 0 fully saturated rings. The summed E-state index contributed by atoms with van der Waals surface area (Å²) in [7, 11) is 0. The van der Waals surface area contributed by atoms with Crippen LogP contribution in [0, 0.1) is 0 Å². The van der Waals surface area contributed by atoms with Crippen LogP contribution in [0.15, 0.2) is 38.5 Å². The van der Waals surface area contributed by atoms with Gasteiger partial charge in [-0.05, 0) is 77.2 Å². The number of halogens is 6. The van der Waals surface area contributed by atoms with Gasteiger partial charge in [-0.3, -0.25) is 4.57 Å². The lowest BCUT2D eigenvalue weighted by molar-refractivity contribution is 0.600. The summed E-state index contributed by atoms with van der Waals surface area (Å²) < 4.78 is 11.1. The molecule has 2 heterocycles. The summed E-state index contributed by atoms with van der Waals surface area (Å²) in [4.78, 5) is 23.4. The monoisotopic (exact) mass is 518 g/mol. The Labute approximate surface area is 155 Å². The highest BCUT2D eigenvalue weighted by atomic mass is 79.9. The molecule has 2 aromatic rings. The van der Waals surface area contributed by atoms with Crippen LogP contribution in [0.4, 0.5) is 0 Å². The van der Waals surface area contributed by atoms with Crippen molar-refractivity contribution in [2.45, 2.75) is 0 Å². The van der Waals surface area contributed by atoms with E-state index in [2.05, 4.69) is 85.5 Å². The summed E-state index contributed by atoms with van der Waals surface area (Å²) >= 11 is 25.5. The lowest BCUT2D eigenvalue weighted by Gasteiger charge is -1.85. The summed E-state index contributed by atoms with van der Waals surface area (Å²) in [5.41, 5.74) is -0.326. The first-order valence-electron chi connectivity index (χ1n) is 4.60. The Morgan fingerprint density at radius 2 is 1.43 bits per heavy atom. The third-order valence-corrected chi connectivity index (χ3v) is 2.27. The highest BCUT2D eigenvalue weighted by Gasteiger charge is 2.02. The Morgan fingerprint density at radius 1 is 1.00 bits per heavy atom. The molecule has 0 aromatic carbocycles. The maximum atomic E-state index is 10.2. The average molecular weight is 522 g/mol. The average Bonchev–Trinajstić information content (AvgIpc) is 2.35. The van der Waals surface area contributed by atoms with Crippen LogP contribution in [0.2, 0.25) is 5.28 Å². The van der Waals surface area contributed by atoms with E-state index in [0.717, 1.165) is 8.95 Å². The lowest BCUT2D eigenvalue weighted by atomic mass is 10.7. The van der Waals surface area contributed by atoms with Gasteiger partial charge in [0.2, 0.25) is 5.28 Å². The summed E-state index contributed by atoms with van der Waals surface area (Å²) in [5.74, 6) is 0. The Kier molecular flexibility index (Phi) is 11.1. The van der Waals surface area contributed by atoms with E-state index < -0.39 is 5.20 Å². The van der Waals surface area contributed by atoms with Gasteiger partial charge in [0.15, 0.2) is 0 Å². The Bertz CT molecular complexity index is 602. The fourth-order valence-corrected chi connectivity index (χ4v) is 1.14. The lowest BCUT2D eigenvalue weighted by Crippen LogP contribution is -2.06. The molecule has 0 atom stereocenters. The number of H-pyrrole nitrogens is 1. The standard InChI is InChI=1S/C4H2BrClN2.C4H3BrN2O.Cl3OP/c5-3-1-7-4(6)8-2-3;5-3-1-6-4(8)7-2-3;1-5(2,3)4/h1-2H;1-2H,(H,6,7,8);. The van der Waals surface area contributed by atoms with Crippen molar-refractivity contribution >= 4 is 82.4 Å². The van der Waals surface area contributed by atoms with Crippen LogP contribution in [0.25, 0.3) is 0 Å². The molecule has 2 aromatic heterocycles. The first-order valence-corrected chi connectivity index (χ1v) is 11.0. The van der Waals surface area contributed by atoms with E-state index in [4.69, 9.17) is 11.6 Å². The zero-order valence-corrected chi connectivity index (χ0v) is 16.8. The van der Waals surface area contributed by atoms with E-state index in [0.29, 0.717) is 0 Å². The number of nitrogens with one attached hydrogen (secondary N) is 1. The Balaban J connectivity index is 0.000000296. The van der Waals surface area contributed by atoms with Crippen LogP contribution in [-0.4, -0.2) is 19.9 Å². The van der Waals surface area contributed by atoms with Crippen molar-refractivity contribution < 1.29 is 4.57 Å². The van der Waals surface area contributed by atoms with Gasteiger partial charge >= 0.3 is 10.9 Å². The molecule has 0 aliphatic carbocycles. The van der Waals surface area contributed by atoms with Crippen LogP contribution in [-0.2, 0) is 4.57 Å². The topological polar surface area (TPSA) is 88.6 Å². The molecular formula is C8H5Br2Cl4N4O2P. The largest absolute Gasteiger partial charge is 0.344 e. The zero-order chi connectivity index (χ0) is 16.5. The van der Waals surface area contributed by atoms with Crippen molar-refractivity contribution in [1.82, 2.24) is 19.9 Å². The summed E-state index contributed by atoms with van der Waals surface area (Å²) in [5, 5.41) is -2.95. The minimum Gasteiger partial charge on any atom is -0.312 e. The molecule has 21 heavy (non-hydrogen) atoms. The van der Waals surface area contributed by atoms with Crippen molar-refractivity contribution in [3.05, 3.63) is 49.5 Å². The molecule has 0 unspecified atom stereocenters. The minimum atomic E-state index is -3.22. The number of rotatable bonds is 0. The third-order valence-electron chi connectivity index (χ3n) is 1.23. The maximum Gasteiger partial charge on any atom is 0.344 e. The molecule has 0 bridgehead atoms. The van der Waals surface area contributed by atoms with Crippen molar-refractivity contribution in [3.8, 4) is 0 Å². The summed E-state index contributed by atoms with van der Waals surface area (Å²) in [6.07, 6.45) is 6.17. The van der Waals surface area contributed by atoms with E-state index in [9.17, 15) is 9.36 Å². The molecule has 1 N–H and O–H groups in total. The quantitative estimate of drug-likeness (QED) is 0.379. The van der Waals surface area contributed by atoms with Crippen LogP contribution in [0.3, 0.4) is 0 Å². The molecule has 0 aliphatic rings. The predicted molar refractivity (Wildman–Crippen MR) is 92.5 cm³/mol. The first-order chi connectivity index (χ1) is 9.58. The molecule has 6 nitrogen and oxygen atoms in total. The molecule has 0 radical (unpaired) electrons. The van der Waals surface area contributed by atoms with Gasteiger partial charge in [-0.25, -0.2) is 19.7 Å². The van der Waals surface area contributed by atoms with Crippen LogP contribution >= 0.6 is 82.4 Å². The van der Waals surface area contributed by atoms with E-state index in [1.165, 1.54) is 12.4 Å². The number of nitrogens with zero attached hydrogens (tertiary/aromatic N) is 3. The number of hydrogen-bond donors (Lipinski definition) is 1. The van der Waals surface area contributed by atoms with E-state index >= 15 is 0 Å². The second-order valence-corrected chi connectivity index (χ2v) is 11.6. The molecule has 116 valence electrons. The van der Waals surface area contributed by atoms with E-state index in [1.54, 1.807) is 12.4 Å². The van der Waals surface area contributed by atoms with Crippen molar-refractivity contribution in [3.63, 3.8) is 0 Å². The van der Waals surface area contributed by atoms with Gasteiger partial charge in [0, 0.05) is 24.8 Å². The second-order valence-electron chi connectivity index (χ2n) is 2.81. The summed E-state index contributed by atoms with van der Waals surface area (Å²) in [6, 6.07) is 0.